The minimum atomic E-state index is -4.68. The third-order valence-electron chi connectivity index (χ3n) is 3.31. The van der Waals surface area contributed by atoms with Crippen LogP contribution in [-0.4, -0.2) is 31.2 Å². The van der Waals surface area contributed by atoms with Crippen LogP contribution in [0.4, 0.5) is 13.2 Å². The molecule has 25 heavy (non-hydrogen) atoms. The lowest BCUT2D eigenvalue weighted by molar-refractivity contribution is -0.145. The van der Waals surface area contributed by atoms with Crippen molar-refractivity contribution < 1.29 is 18.0 Å². The van der Waals surface area contributed by atoms with E-state index in [1.165, 1.54) is 23.9 Å². The molecule has 2 heterocycles. The third kappa shape index (κ3) is 3.64. The van der Waals surface area contributed by atoms with E-state index in [2.05, 4.69) is 15.2 Å². The molecule has 0 fully saturated rings. The van der Waals surface area contributed by atoms with Crippen molar-refractivity contribution in [1.29, 1.82) is 0 Å². The molecule has 132 valence electrons. The Balaban J connectivity index is 2.12. The summed E-state index contributed by atoms with van der Waals surface area (Å²) in [5, 5.41) is 7.51. The number of rotatable bonds is 5. The van der Waals surface area contributed by atoms with Gasteiger partial charge in [0, 0.05) is 17.2 Å². The molecule has 3 aromatic rings. The van der Waals surface area contributed by atoms with E-state index in [9.17, 15) is 18.0 Å². The van der Waals surface area contributed by atoms with Gasteiger partial charge in [-0.15, -0.1) is 22.0 Å². The average Bonchev–Trinajstić information content (AvgIpc) is 2.97. The van der Waals surface area contributed by atoms with Gasteiger partial charge in [-0.2, -0.15) is 13.2 Å². The zero-order valence-corrected chi connectivity index (χ0v) is 14.1. The second-order valence-electron chi connectivity index (χ2n) is 5.15. The highest BCUT2D eigenvalue weighted by atomic mass is 35.5. The molecule has 3 rings (SSSR count). The van der Waals surface area contributed by atoms with Gasteiger partial charge in [0.05, 0.1) is 11.0 Å². The van der Waals surface area contributed by atoms with Crippen LogP contribution < -0.4 is 5.73 Å². The van der Waals surface area contributed by atoms with Gasteiger partial charge in [-0.25, -0.2) is 4.98 Å². The molecule has 1 amide bonds. The van der Waals surface area contributed by atoms with Gasteiger partial charge >= 0.3 is 6.18 Å². The third-order valence-corrected chi connectivity index (χ3v) is 4.59. The molecular weight excluding hydrogens is 379 g/mol. The first-order valence-corrected chi connectivity index (χ1v) is 8.46. The van der Waals surface area contributed by atoms with E-state index in [4.69, 9.17) is 17.3 Å². The van der Waals surface area contributed by atoms with E-state index < -0.39 is 17.9 Å². The van der Waals surface area contributed by atoms with Crippen LogP contribution in [0.15, 0.2) is 23.2 Å². The molecule has 11 heteroatoms. The molecule has 0 bridgehead atoms. The molecule has 6 nitrogen and oxygen atoms in total. The SMILES string of the molecule is NC(=O)CCCSc1nc2ccc(Cl)cc2n2c(C(F)(F)F)nnc12. The molecule has 0 spiro atoms. The number of alkyl halides is 3. The summed E-state index contributed by atoms with van der Waals surface area (Å²) in [6.07, 6.45) is -4.01. The van der Waals surface area contributed by atoms with Crippen molar-refractivity contribution in [2.24, 2.45) is 5.73 Å². The van der Waals surface area contributed by atoms with Crippen LogP contribution in [-0.2, 0) is 11.0 Å². The van der Waals surface area contributed by atoms with Crippen molar-refractivity contribution in [2.75, 3.05) is 5.75 Å². The van der Waals surface area contributed by atoms with Gasteiger partial charge in [-0.05, 0) is 24.6 Å². The van der Waals surface area contributed by atoms with Gasteiger partial charge in [0.25, 0.3) is 0 Å². The highest BCUT2D eigenvalue weighted by Gasteiger charge is 2.38. The Morgan fingerprint density at radius 1 is 1.32 bits per heavy atom. The van der Waals surface area contributed by atoms with Crippen LogP contribution in [0.25, 0.3) is 16.7 Å². The van der Waals surface area contributed by atoms with E-state index in [1.807, 2.05) is 0 Å². The molecule has 0 saturated carbocycles. The molecule has 0 aliphatic rings. The van der Waals surface area contributed by atoms with E-state index in [-0.39, 0.29) is 22.6 Å². The predicted molar refractivity (Wildman–Crippen MR) is 87.5 cm³/mol. The van der Waals surface area contributed by atoms with E-state index in [1.54, 1.807) is 6.07 Å². The Kier molecular flexibility index (Phi) is 4.74. The molecule has 0 atom stereocenters. The van der Waals surface area contributed by atoms with Crippen LogP contribution in [0.5, 0.6) is 0 Å². The topological polar surface area (TPSA) is 86.2 Å². The minimum Gasteiger partial charge on any atom is -0.370 e. The lowest BCUT2D eigenvalue weighted by Gasteiger charge is -2.10. The standard InChI is InChI=1S/C14H11ClF3N5OS/c15-7-3-4-8-9(6-7)23-11(21-22-13(23)14(16,17)18)12(20-8)25-5-1-2-10(19)24/h3-4,6H,1-2,5H2,(H2,19,24). The fraction of sp³-hybridized carbons (Fsp3) is 0.286. The first-order chi connectivity index (χ1) is 11.8. The number of nitrogens with two attached hydrogens (primary N) is 1. The highest BCUT2D eigenvalue weighted by molar-refractivity contribution is 7.99. The maximum atomic E-state index is 13.3. The summed E-state index contributed by atoms with van der Waals surface area (Å²) < 4.78 is 40.7. The quantitative estimate of drug-likeness (QED) is 0.534. The number of hydrogen-bond donors (Lipinski definition) is 1. The summed E-state index contributed by atoms with van der Waals surface area (Å²) >= 11 is 7.10. The van der Waals surface area contributed by atoms with Gasteiger partial charge in [-0.1, -0.05) is 11.6 Å². The fourth-order valence-electron chi connectivity index (χ4n) is 2.28. The number of benzene rings is 1. The van der Waals surface area contributed by atoms with E-state index in [0.717, 1.165) is 4.40 Å². The van der Waals surface area contributed by atoms with Crippen molar-refractivity contribution in [3.63, 3.8) is 0 Å². The summed E-state index contributed by atoms with van der Waals surface area (Å²) in [6.45, 7) is 0. The van der Waals surface area contributed by atoms with Crippen molar-refractivity contribution in [3.05, 3.63) is 29.0 Å². The van der Waals surface area contributed by atoms with Crippen molar-refractivity contribution in [1.82, 2.24) is 19.6 Å². The fourth-order valence-corrected chi connectivity index (χ4v) is 3.35. The number of primary amides is 1. The molecule has 0 unspecified atom stereocenters. The Bertz CT molecular complexity index is 959. The van der Waals surface area contributed by atoms with Gasteiger partial charge in [0.1, 0.15) is 5.03 Å². The number of thioether (sulfide) groups is 1. The molecule has 2 aromatic heterocycles. The largest absolute Gasteiger partial charge is 0.452 e. The summed E-state index contributed by atoms with van der Waals surface area (Å²) in [6, 6.07) is 4.46. The van der Waals surface area contributed by atoms with E-state index in [0.29, 0.717) is 22.7 Å². The zero-order chi connectivity index (χ0) is 18.2. The van der Waals surface area contributed by atoms with Gasteiger partial charge in [-0.3, -0.25) is 9.20 Å². The van der Waals surface area contributed by atoms with Crippen LogP contribution in [0.3, 0.4) is 0 Å². The number of hydrogen-bond acceptors (Lipinski definition) is 5. The van der Waals surface area contributed by atoms with E-state index >= 15 is 0 Å². The second kappa shape index (κ2) is 6.68. The summed E-state index contributed by atoms with van der Waals surface area (Å²) in [5.41, 5.74) is 5.57. The Labute approximate surface area is 148 Å². The van der Waals surface area contributed by atoms with Crippen LogP contribution in [0.2, 0.25) is 5.02 Å². The molecule has 0 aliphatic carbocycles. The molecular formula is C14H11ClF3N5OS. The van der Waals surface area contributed by atoms with Crippen molar-refractivity contribution in [3.8, 4) is 0 Å². The molecule has 2 N–H and O–H groups in total. The summed E-state index contributed by atoms with van der Waals surface area (Å²) in [7, 11) is 0. The number of carbonyl (C=O) groups is 1. The smallest absolute Gasteiger partial charge is 0.370 e. The molecule has 0 saturated heterocycles. The van der Waals surface area contributed by atoms with Crippen molar-refractivity contribution in [2.45, 2.75) is 24.0 Å². The Morgan fingerprint density at radius 3 is 2.76 bits per heavy atom. The van der Waals surface area contributed by atoms with Crippen LogP contribution >= 0.6 is 23.4 Å². The van der Waals surface area contributed by atoms with Crippen LogP contribution in [0.1, 0.15) is 18.7 Å². The number of carbonyl (C=O) groups excluding carboxylic acids is 1. The first-order valence-electron chi connectivity index (χ1n) is 7.10. The molecule has 0 aliphatic heterocycles. The van der Waals surface area contributed by atoms with Crippen LogP contribution in [0, 0.1) is 0 Å². The zero-order valence-electron chi connectivity index (χ0n) is 12.5. The minimum absolute atomic E-state index is 0.00818. The number of amides is 1. The molecule has 1 aromatic carbocycles. The normalized spacial score (nSPS) is 12.2. The number of fused-ring (bicyclic) bond motifs is 3. The number of nitrogens with zero attached hydrogens (tertiary/aromatic N) is 4. The first kappa shape index (κ1) is 17.7. The average molecular weight is 390 g/mol. The maximum Gasteiger partial charge on any atom is 0.452 e. The van der Waals surface area contributed by atoms with Gasteiger partial charge in [0.15, 0.2) is 5.65 Å². The Morgan fingerprint density at radius 2 is 2.08 bits per heavy atom. The number of halogens is 4. The number of aromatic nitrogens is 4. The van der Waals surface area contributed by atoms with Crippen molar-refractivity contribution >= 4 is 46.0 Å². The highest BCUT2D eigenvalue weighted by Crippen LogP contribution is 2.33. The lowest BCUT2D eigenvalue weighted by atomic mass is 10.3. The molecule has 0 radical (unpaired) electrons. The summed E-state index contributed by atoms with van der Waals surface area (Å²) in [5.74, 6) is -1.12. The maximum absolute atomic E-state index is 13.3. The lowest BCUT2D eigenvalue weighted by Crippen LogP contribution is -2.12. The Hall–Kier alpha value is -2.07. The monoisotopic (exact) mass is 389 g/mol. The van der Waals surface area contributed by atoms with Gasteiger partial charge < -0.3 is 5.73 Å². The van der Waals surface area contributed by atoms with Gasteiger partial charge in [0.2, 0.25) is 11.7 Å². The second-order valence-corrected chi connectivity index (χ2v) is 6.67. The predicted octanol–water partition coefficient (Wildman–Crippen LogP) is 3.31. The summed E-state index contributed by atoms with van der Waals surface area (Å²) in [4.78, 5) is 15.1.